The third-order valence-electron chi connectivity index (χ3n) is 3.27. The molecule has 1 heterocycles. The summed E-state index contributed by atoms with van der Waals surface area (Å²) >= 11 is 0. The first-order valence-corrected chi connectivity index (χ1v) is 7.13. The molecule has 2 N–H and O–H groups in total. The van der Waals surface area contributed by atoms with Crippen molar-refractivity contribution in [3.05, 3.63) is 77.9 Å². The minimum absolute atomic E-state index is 0.246. The molecule has 0 saturated carbocycles. The first-order valence-electron chi connectivity index (χ1n) is 7.13. The van der Waals surface area contributed by atoms with Crippen LogP contribution in [0.4, 0.5) is 30.5 Å². The monoisotopic (exact) mass is 330 g/mol. The van der Waals surface area contributed by atoms with E-state index < -0.39 is 11.6 Å². The summed E-state index contributed by atoms with van der Waals surface area (Å²) in [5, 5.41) is 5.63. The van der Waals surface area contributed by atoms with E-state index in [9.17, 15) is 13.2 Å². The van der Waals surface area contributed by atoms with Gasteiger partial charge in [-0.1, -0.05) is 18.2 Å². The third-order valence-corrected chi connectivity index (χ3v) is 3.27. The van der Waals surface area contributed by atoms with Gasteiger partial charge in [0.1, 0.15) is 41.1 Å². The molecule has 0 unspecified atom stereocenters. The highest BCUT2D eigenvalue weighted by molar-refractivity contribution is 5.60. The second kappa shape index (κ2) is 6.99. The maximum atomic E-state index is 13.6. The summed E-state index contributed by atoms with van der Waals surface area (Å²) in [5.41, 5.74) is 0.588. The Balaban J connectivity index is 1.71. The molecule has 0 aliphatic carbocycles. The van der Waals surface area contributed by atoms with Gasteiger partial charge in [0, 0.05) is 12.6 Å². The molecule has 4 nitrogen and oxygen atoms in total. The van der Waals surface area contributed by atoms with Gasteiger partial charge in [0.05, 0.1) is 0 Å². The topological polar surface area (TPSA) is 49.8 Å². The molecule has 2 aromatic carbocycles. The lowest BCUT2D eigenvalue weighted by molar-refractivity contribution is 0.590. The van der Waals surface area contributed by atoms with Crippen molar-refractivity contribution in [1.82, 2.24) is 9.97 Å². The Labute approximate surface area is 136 Å². The zero-order chi connectivity index (χ0) is 16.9. The number of nitrogens with zero attached hydrogens (tertiary/aromatic N) is 2. The Morgan fingerprint density at radius 1 is 0.833 bits per heavy atom. The first kappa shape index (κ1) is 15.8. The smallest absolute Gasteiger partial charge is 0.149 e. The van der Waals surface area contributed by atoms with Crippen LogP contribution in [0.2, 0.25) is 0 Å². The van der Waals surface area contributed by atoms with Gasteiger partial charge < -0.3 is 10.6 Å². The Kier molecular flexibility index (Phi) is 4.60. The average Bonchev–Trinajstić information content (AvgIpc) is 2.58. The summed E-state index contributed by atoms with van der Waals surface area (Å²) in [7, 11) is 0. The molecule has 122 valence electrons. The van der Waals surface area contributed by atoms with Gasteiger partial charge in [-0.15, -0.1) is 0 Å². The second-order valence-corrected chi connectivity index (χ2v) is 4.99. The molecule has 0 amide bonds. The van der Waals surface area contributed by atoms with Crippen molar-refractivity contribution in [2.45, 2.75) is 6.54 Å². The molecule has 0 aliphatic heterocycles. The molecule has 7 heteroatoms. The fourth-order valence-corrected chi connectivity index (χ4v) is 2.06. The minimum atomic E-state index is -0.713. The molecular weight excluding hydrogens is 317 g/mol. The van der Waals surface area contributed by atoms with Crippen molar-refractivity contribution in [2.24, 2.45) is 0 Å². The van der Waals surface area contributed by atoms with E-state index in [1.807, 2.05) is 0 Å². The molecule has 1 aromatic heterocycles. The zero-order valence-electron chi connectivity index (χ0n) is 12.4. The lowest BCUT2D eigenvalue weighted by atomic mass is 10.2. The van der Waals surface area contributed by atoms with Gasteiger partial charge in [-0.05, 0) is 29.8 Å². The summed E-state index contributed by atoms with van der Waals surface area (Å²) in [6.45, 7) is 0.421. The Morgan fingerprint density at radius 2 is 1.50 bits per heavy atom. The van der Waals surface area contributed by atoms with Gasteiger partial charge in [0.25, 0.3) is 0 Å². The van der Waals surface area contributed by atoms with Crippen LogP contribution in [0, 0.1) is 17.5 Å². The maximum Gasteiger partial charge on any atom is 0.149 e. The number of hydrogen-bond acceptors (Lipinski definition) is 4. The summed E-state index contributed by atoms with van der Waals surface area (Å²) < 4.78 is 40.2. The van der Waals surface area contributed by atoms with E-state index in [1.165, 1.54) is 30.6 Å². The maximum absolute atomic E-state index is 13.6. The van der Waals surface area contributed by atoms with Gasteiger partial charge in [-0.25, -0.2) is 23.1 Å². The summed E-state index contributed by atoms with van der Waals surface area (Å²) in [5.74, 6) is -1.02. The molecule has 0 aliphatic rings. The van der Waals surface area contributed by atoms with Crippen molar-refractivity contribution < 1.29 is 13.2 Å². The SMILES string of the molecule is Fc1ccc(CNc2cc(Nc3c(F)cccc3F)ncn2)cc1. The largest absolute Gasteiger partial charge is 0.366 e. The van der Waals surface area contributed by atoms with Gasteiger partial charge in [0.15, 0.2) is 0 Å². The van der Waals surface area contributed by atoms with Gasteiger partial charge in [0.2, 0.25) is 0 Å². The van der Waals surface area contributed by atoms with Crippen LogP contribution in [0.3, 0.4) is 0 Å². The molecule has 0 spiro atoms. The highest BCUT2D eigenvalue weighted by Gasteiger charge is 2.09. The van der Waals surface area contributed by atoms with Gasteiger partial charge in [-0.3, -0.25) is 0 Å². The number of benzene rings is 2. The fraction of sp³-hybridized carbons (Fsp3) is 0.0588. The molecule has 3 rings (SSSR count). The van der Waals surface area contributed by atoms with Gasteiger partial charge >= 0.3 is 0 Å². The van der Waals surface area contributed by atoms with Crippen LogP contribution in [0.5, 0.6) is 0 Å². The lowest BCUT2D eigenvalue weighted by Crippen LogP contribution is -2.04. The molecule has 0 atom stereocenters. The van der Waals surface area contributed by atoms with E-state index in [1.54, 1.807) is 12.1 Å². The minimum Gasteiger partial charge on any atom is -0.366 e. The number of rotatable bonds is 5. The lowest BCUT2D eigenvalue weighted by Gasteiger charge is -2.10. The normalized spacial score (nSPS) is 10.5. The van der Waals surface area contributed by atoms with E-state index in [2.05, 4.69) is 20.6 Å². The first-order chi connectivity index (χ1) is 11.6. The fourth-order valence-electron chi connectivity index (χ4n) is 2.06. The highest BCUT2D eigenvalue weighted by atomic mass is 19.1. The van der Waals surface area contributed by atoms with Crippen LogP contribution in [0.25, 0.3) is 0 Å². The molecule has 24 heavy (non-hydrogen) atoms. The number of para-hydroxylation sites is 1. The second-order valence-electron chi connectivity index (χ2n) is 4.99. The molecule has 0 radical (unpaired) electrons. The molecular formula is C17H13F3N4. The van der Waals surface area contributed by atoms with E-state index in [0.29, 0.717) is 12.4 Å². The van der Waals surface area contributed by atoms with Gasteiger partial charge in [-0.2, -0.15) is 0 Å². The summed E-state index contributed by atoms with van der Waals surface area (Å²) in [4.78, 5) is 7.97. The van der Waals surface area contributed by atoms with Crippen molar-refractivity contribution in [3.8, 4) is 0 Å². The Hall–Kier alpha value is -3.09. The van der Waals surface area contributed by atoms with Crippen LogP contribution < -0.4 is 10.6 Å². The van der Waals surface area contributed by atoms with Crippen molar-refractivity contribution in [3.63, 3.8) is 0 Å². The van der Waals surface area contributed by atoms with Crippen molar-refractivity contribution in [2.75, 3.05) is 10.6 Å². The zero-order valence-corrected chi connectivity index (χ0v) is 12.4. The molecule has 0 saturated heterocycles. The number of halogens is 3. The van der Waals surface area contributed by atoms with Crippen LogP contribution >= 0.6 is 0 Å². The highest BCUT2D eigenvalue weighted by Crippen LogP contribution is 2.22. The molecule has 3 aromatic rings. The molecule has 0 bridgehead atoms. The quantitative estimate of drug-likeness (QED) is 0.734. The predicted molar refractivity (Wildman–Crippen MR) is 85.4 cm³/mol. The van der Waals surface area contributed by atoms with Crippen LogP contribution in [0.15, 0.2) is 54.9 Å². The predicted octanol–water partition coefficient (Wildman–Crippen LogP) is 4.25. The van der Waals surface area contributed by atoms with E-state index >= 15 is 0 Å². The Bertz CT molecular complexity index is 817. The van der Waals surface area contributed by atoms with Crippen molar-refractivity contribution >= 4 is 17.3 Å². The van der Waals surface area contributed by atoms with Crippen molar-refractivity contribution in [1.29, 1.82) is 0 Å². The summed E-state index contributed by atoms with van der Waals surface area (Å²) in [6.07, 6.45) is 1.27. The summed E-state index contributed by atoms with van der Waals surface area (Å²) in [6, 6.07) is 11.1. The number of nitrogens with one attached hydrogen (secondary N) is 2. The van der Waals surface area contributed by atoms with E-state index in [-0.39, 0.29) is 17.3 Å². The number of anilines is 3. The Morgan fingerprint density at radius 3 is 2.21 bits per heavy atom. The standard InChI is InChI=1S/C17H13F3N4/c18-12-6-4-11(5-7-12)9-21-15-8-16(23-10-22-15)24-17-13(19)2-1-3-14(17)20/h1-8,10H,9H2,(H2,21,22,23,24). The van der Waals surface area contributed by atoms with Crippen LogP contribution in [-0.4, -0.2) is 9.97 Å². The average molecular weight is 330 g/mol. The molecule has 0 fully saturated rings. The van der Waals surface area contributed by atoms with Crippen LogP contribution in [-0.2, 0) is 6.54 Å². The third kappa shape index (κ3) is 3.81. The van der Waals surface area contributed by atoms with Crippen LogP contribution in [0.1, 0.15) is 5.56 Å². The number of hydrogen-bond donors (Lipinski definition) is 2. The number of aromatic nitrogens is 2. The van der Waals surface area contributed by atoms with E-state index in [4.69, 9.17) is 0 Å². The van der Waals surface area contributed by atoms with E-state index in [0.717, 1.165) is 17.7 Å².